The number of rotatable bonds is 7. The molecule has 0 bridgehead atoms. The largest absolute Gasteiger partial charge is 0.330 e. The Kier molecular flexibility index (Phi) is 5.95. The molecule has 0 heterocycles. The van der Waals surface area contributed by atoms with Gasteiger partial charge in [0.1, 0.15) is 5.82 Å². The van der Waals surface area contributed by atoms with Crippen LogP contribution < -0.4 is 11.1 Å². The van der Waals surface area contributed by atoms with E-state index in [1.807, 2.05) is 12.1 Å². The lowest BCUT2D eigenvalue weighted by atomic mass is 9.84. The fourth-order valence-electron chi connectivity index (χ4n) is 2.16. The molecule has 1 rings (SSSR count). The molecule has 1 atom stereocenters. The first-order valence-electron chi connectivity index (χ1n) is 7.03. The Morgan fingerprint density at radius 3 is 2.26 bits per heavy atom. The second-order valence-electron chi connectivity index (χ2n) is 6.26. The highest BCUT2D eigenvalue weighted by atomic mass is 19.1. The van der Waals surface area contributed by atoms with Gasteiger partial charge in [0, 0.05) is 12.0 Å². The van der Waals surface area contributed by atoms with Crippen molar-refractivity contribution in [2.75, 3.05) is 19.6 Å². The van der Waals surface area contributed by atoms with Gasteiger partial charge in [-0.1, -0.05) is 39.8 Å². The van der Waals surface area contributed by atoms with Crippen LogP contribution in [0, 0.1) is 17.7 Å². The van der Waals surface area contributed by atoms with Crippen molar-refractivity contribution in [3.8, 4) is 0 Å². The van der Waals surface area contributed by atoms with Crippen LogP contribution in [0.3, 0.4) is 0 Å². The van der Waals surface area contributed by atoms with Gasteiger partial charge < -0.3 is 11.1 Å². The van der Waals surface area contributed by atoms with Crippen molar-refractivity contribution in [3.05, 3.63) is 35.6 Å². The van der Waals surface area contributed by atoms with Crippen LogP contribution in [0.2, 0.25) is 0 Å². The molecule has 0 spiro atoms. The summed E-state index contributed by atoms with van der Waals surface area (Å²) in [5.41, 5.74) is 6.91. The molecular weight excluding hydrogens is 239 g/mol. The Balaban J connectivity index is 2.53. The third kappa shape index (κ3) is 4.92. The smallest absolute Gasteiger partial charge is 0.123 e. The summed E-state index contributed by atoms with van der Waals surface area (Å²) >= 11 is 0. The van der Waals surface area contributed by atoms with Gasteiger partial charge >= 0.3 is 0 Å². The SMILES string of the molecule is CC(C)C(CN)CNCC(C)(C)c1ccc(F)cc1. The number of nitrogens with one attached hydrogen (secondary N) is 1. The molecule has 2 nitrogen and oxygen atoms in total. The van der Waals surface area contributed by atoms with E-state index in [0.29, 0.717) is 18.4 Å². The van der Waals surface area contributed by atoms with Crippen LogP contribution >= 0.6 is 0 Å². The molecule has 0 saturated heterocycles. The second kappa shape index (κ2) is 7.01. The summed E-state index contributed by atoms with van der Waals surface area (Å²) in [6.45, 7) is 11.2. The summed E-state index contributed by atoms with van der Waals surface area (Å²) in [5.74, 6) is 0.908. The zero-order valence-electron chi connectivity index (χ0n) is 12.5. The number of hydrogen-bond acceptors (Lipinski definition) is 2. The van der Waals surface area contributed by atoms with Crippen LogP contribution in [0.15, 0.2) is 24.3 Å². The molecule has 108 valence electrons. The van der Waals surface area contributed by atoms with E-state index in [-0.39, 0.29) is 11.2 Å². The lowest BCUT2D eigenvalue weighted by Gasteiger charge is -2.28. The van der Waals surface area contributed by atoms with E-state index in [4.69, 9.17) is 5.73 Å². The van der Waals surface area contributed by atoms with Gasteiger partial charge in [0.2, 0.25) is 0 Å². The van der Waals surface area contributed by atoms with E-state index >= 15 is 0 Å². The van der Waals surface area contributed by atoms with Crippen LogP contribution in [0.25, 0.3) is 0 Å². The highest BCUT2D eigenvalue weighted by molar-refractivity contribution is 5.24. The molecule has 0 aliphatic carbocycles. The first-order valence-corrected chi connectivity index (χ1v) is 7.03. The average Bonchev–Trinajstić information content (AvgIpc) is 2.34. The van der Waals surface area contributed by atoms with Gasteiger partial charge in [-0.2, -0.15) is 0 Å². The monoisotopic (exact) mass is 266 g/mol. The molecule has 0 aliphatic rings. The molecule has 0 amide bonds. The molecule has 3 N–H and O–H groups in total. The zero-order valence-corrected chi connectivity index (χ0v) is 12.5. The number of benzene rings is 1. The Bertz CT molecular complexity index is 371. The molecule has 0 aliphatic heterocycles. The first-order chi connectivity index (χ1) is 8.86. The normalized spacial score (nSPS) is 13.8. The molecule has 0 aromatic heterocycles. The Hall–Kier alpha value is -0.930. The number of nitrogens with two attached hydrogens (primary N) is 1. The quantitative estimate of drug-likeness (QED) is 0.796. The Labute approximate surface area is 116 Å². The second-order valence-corrected chi connectivity index (χ2v) is 6.26. The van der Waals surface area contributed by atoms with Crippen LogP contribution in [0.1, 0.15) is 33.3 Å². The van der Waals surface area contributed by atoms with Gasteiger partial charge in [0.25, 0.3) is 0 Å². The fourth-order valence-corrected chi connectivity index (χ4v) is 2.16. The third-order valence-electron chi connectivity index (χ3n) is 3.84. The summed E-state index contributed by atoms with van der Waals surface area (Å²) in [6.07, 6.45) is 0. The maximum Gasteiger partial charge on any atom is 0.123 e. The van der Waals surface area contributed by atoms with Gasteiger partial charge in [0.05, 0.1) is 0 Å². The van der Waals surface area contributed by atoms with E-state index in [0.717, 1.165) is 18.7 Å². The van der Waals surface area contributed by atoms with Crippen molar-refractivity contribution in [2.24, 2.45) is 17.6 Å². The van der Waals surface area contributed by atoms with E-state index in [1.54, 1.807) is 0 Å². The van der Waals surface area contributed by atoms with Gasteiger partial charge in [-0.25, -0.2) is 4.39 Å². The van der Waals surface area contributed by atoms with Crippen molar-refractivity contribution in [3.63, 3.8) is 0 Å². The van der Waals surface area contributed by atoms with E-state index < -0.39 is 0 Å². The van der Waals surface area contributed by atoms with E-state index in [2.05, 4.69) is 33.0 Å². The minimum Gasteiger partial charge on any atom is -0.330 e. The fraction of sp³-hybridized carbons (Fsp3) is 0.625. The maximum atomic E-state index is 12.9. The maximum absolute atomic E-state index is 12.9. The van der Waals surface area contributed by atoms with Gasteiger partial charge in [-0.15, -0.1) is 0 Å². The van der Waals surface area contributed by atoms with Crippen molar-refractivity contribution in [1.29, 1.82) is 0 Å². The Morgan fingerprint density at radius 1 is 1.21 bits per heavy atom. The lowest BCUT2D eigenvalue weighted by molar-refractivity contribution is 0.351. The highest BCUT2D eigenvalue weighted by Crippen LogP contribution is 2.22. The average molecular weight is 266 g/mol. The summed E-state index contributed by atoms with van der Waals surface area (Å²) in [7, 11) is 0. The minimum atomic E-state index is -0.185. The Morgan fingerprint density at radius 2 is 1.79 bits per heavy atom. The molecule has 1 aromatic carbocycles. The molecule has 0 radical (unpaired) electrons. The van der Waals surface area contributed by atoms with Crippen LogP contribution in [0.4, 0.5) is 4.39 Å². The molecule has 19 heavy (non-hydrogen) atoms. The minimum absolute atomic E-state index is 0.0101. The van der Waals surface area contributed by atoms with Crippen LogP contribution in [-0.2, 0) is 5.41 Å². The summed E-state index contributed by atoms with van der Waals surface area (Å²) in [6, 6.07) is 6.77. The topological polar surface area (TPSA) is 38.0 Å². The molecular formula is C16H27FN2. The molecule has 0 fully saturated rings. The molecule has 1 unspecified atom stereocenters. The van der Waals surface area contributed by atoms with E-state index in [9.17, 15) is 4.39 Å². The van der Waals surface area contributed by atoms with Gasteiger partial charge in [-0.05, 0) is 42.6 Å². The molecule has 3 heteroatoms. The summed E-state index contributed by atoms with van der Waals surface area (Å²) < 4.78 is 12.9. The summed E-state index contributed by atoms with van der Waals surface area (Å²) in [4.78, 5) is 0. The van der Waals surface area contributed by atoms with Crippen molar-refractivity contribution in [2.45, 2.75) is 33.1 Å². The first kappa shape index (κ1) is 16.1. The van der Waals surface area contributed by atoms with Crippen LogP contribution in [-0.4, -0.2) is 19.6 Å². The van der Waals surface area contributed by atoms with Crippen molar-refractivity contribution >= 4 is 0 Å². The highest BCUT2D eigenvalue weighted by Gasteiger charge is 2.21. The molecule has 0 saturated carbocycles. The molecule has 1 aromatic rings. The van der Waals surface area contributed by atoms with Crippen molar-refractivity contribution in [1.82, 2.24) is 5.32 Å². The van der Waals surface area contributed by atoms with Gasteiger partial charge in [-0.3, -0.25) is 0 Å². The zero-order chi connectivity index (χ0) is 14.5. The third-order valence-corrected chi connectivity index (χ3v) is 3.84. The van der Waals surface area contributed by atoms with Crippen molar-refractivity contribution < 1.29 is 4.39 Å². The van der Waals surface area contributed by atoms with Gasteiger partial charge in [0.15, 0.2) is 0 Å². The van der Waals surface area contributed by atoms with E-state index in [1.165, 1.54) is 12.1 Å². The summed E-state index contributed by atoms with van der Waals surface area (Å²) in [5, 5.41) is 3.50. The standard InChI is InChI=1S/C16H27FN2/c1-12(2)13(9-18)10-19-11-16(3,4)14-5-7-15(17)8-6-14/h5-8,12-13,19H,9-11,18H2,1-4H3. The predicted molar refractivity (Wildman–Crippen MR) is 79.7 cm³/mol. The number of halogens is 1. The number of hydrogen-bond donors (Lipinski definition) is 2. The predicted octanol–water partition coefficient (Wildman–Crippen LogP) is 2.92. The lowest BCUT2D eigenvalue weighted by Crippen LogP contribution is -2.38. The van der Waals surface area contributed by atoms with Crippen LogP contribution in [0.5, 0.6) is 0 Å².